The number of hydrogen-bond acceptors (Lipinski definition) is 2. The van der Waals surface area contributed by atoms with Crippen molar-refractivity contribution in [3.8, 4) is 5.75 Å². The fourth-order valence-electron chi connectivity index (χ4n) is 0.996. The summed E-state index contributed by atoms with van der Waals surface area (Å²) in [5.41, 5.74) is 0. The van der Waals surface area contributed by atoms with E-state index in [1.165, 1.54) is 7.11 Å². The van der Waals surface area contributed by atoms with Crippen molar-refractivity contribution in [1.29, 1.82) is 0 Å². The van der Waals surface area contributed by atoms with E-state index in [0.29, 0.717) is 15.8 Å². The zero-order chi connectivity index (χ0) is 11.4. The molecule has 0 radical (unpaired) electrons. The summed E-state index contributed by atoms with van der Waals surface area (Å²) in [5.74, 6) is 0.680. The van der Waals surface area contributed by atoms with Crippen LogP contribution in [0.1, 0.15) is 6.92 Å². The average Bonchev–Trinajstić information content (AvgIpc) is 2.22. The first-order valence-electron chi connectivity index (χ1n) is 4.33. The summed E-state index contributed by atoms with van der Waals surface area (Å²) in [6.45, 7) is 1.75. The van der Waals surface area contributed by atoms with Gasteiger partial charge in [-0.1, -0.05) is 29.3 Å². The summed E-state index contributed by atoms with van der Waals surface area (Å²) in [7, 11) is 1.48. The molecule has 1 rings (SSSR count). The lowest BCUT2D eigenvalue weighted by atomic mass is 10.3. The molecule has 1 aromatic carbocycles. The summed E-state index contributed by atoms with van der Waals surface area (Å²) in [6, 6.07) is 5.13. The molecule has 1 atom stereocenters. The number of hydrogen-bond donors (Lipinski definition) is 1. The lowest BCUT2D eigenvalue weighted by molar-refractivity contribution is -0.147. The molecule has 1 aromatic rings. The predicted octanol–water partition coefficient (Wildman–Crippen LogP) is 1.56. The first-order valence-corrected chi connectivity index (χ1v) is 5.08. The van der Waals surface area contributed by atoms with Gasteiger partial charge in [-0.3, -0.25) is 0 Å². The van der Waals surface area contributed by atoms with E-state index in [1.807, 2.05) is 0 Å². The normalized spacial score (nSPS) is 12.0. The Labute approximate surface area is 98.4 Å². The minimum Gasteiger partial charge on any atom is -0.473 e. The largest absolute Gasteiger partial charge is 0.473 e. The summed E-state index contributed by atoms with van der Waals surface area (Å²) < 4.78 is 10.3. The van der Waals surface area contributed by atoms with Crippen LogP contribution in [-0.4, -0.2) is 19.1 Å². The van der Waals surface area contributed by atoms with Crippen molar-refractivity contribution in [2.75, 3.05) is 7.11 Å². The third kappa shape index (κ3) is 3.01. The highest BCUT2D eigenvalue weighted by atomic mass is 35.5. The fraction of sp³-hybridized carbons (Fsp3) is 0.300. The number of benzene rings is 1. The first-order chi connectivity index (χ1) is 7.06. The van der Waals surface area contributed by atoms with Gasteiger partial charge in [0.15, 0.2) is 5.75 Å². The van der Waals surface area contributed by atoms with Gasteiger partial charge in [0.05, 0.1) is 17.2 Å². The Morgan fingerprint density at radius 2 is 1.87 bits per heavy atom. The van der Waals surface area contributed by atoms with Crippen LogP contribution in [0.15, 0.2) is 18.2 Å². The highest BCUT2D eigenvalue weighted by Crippen LogP contribution is 2.33. The molecule has 0 spiro atoms. The van der Waals surface area contributed by atoms with Crippen LogP contribution in [-0.2, 0) is 4.74 Å². The Kier molecular flexibility index (Phi) is 4.24. The number of para-hydroxylation sites is 1. The molecule has 0 aromatic heterocycles. The average molecular weight is 249 g/mol. The van der Waals surface area contributed by atoms with Gasteiger partial charge in [0.25, 0.3) is 0 Å². The fourth-order valence-corrected chi connectivity index (χ4v) is 1.48. The maximum absolute atomic E-state index is 5.92. The lowest BCUT2D eigenvalue weighted by Gasteiger charge is -2.13. The van der Waals surface area contributed by atoms with Crippen molar-refractivity contribution >= 4 is 29.1 Å². The summed E-state index contributed by atoms with van der Waals surface area (Å²) in [5, 5.41) is 6.43. The quantitative estimate of drug-likeness (QED) is 0.652. The van der Waals surface area contributed by atoms with Gasteiger partial charge in [-0.05, 0) is 19.1 Å². The van der Waals surface area contributed by atoms with Gasteiger partial charge < -0.3 is 9.47 Å². The van der Waals surface area contributed by atoms with Gasteiger partial charge in [0, 0.05) is 0 Å². The Morgan fingerprint density at radius 3 is 2.33 bits per heavy atom. The molecule has 15 heavy (non-hydrogen) atoms. The van der Waals surface area contributed by atoms with E-state index in [0.717, 1.165) is 0 Å². The molecule has 0 aliphatic rings. The molecular formula is C10H12Cl2NO2+. The number of rotatable bonds is 3. The Morgan fingerprint density at radius 1 is 1.33 bits per heavy atom. The van der Waals surface area contributed by atoms with E-state index in [4.69, 9.17) is 38.1 Å². The van der Waals surface area contributed by atoms with Gasteiger partial charge >= 0.3 is 5.90 Å². The van der Waals surface area contributed by atoms with Crippen molar-refractivity contribution in [3.63, 3.8) is 0 Å². The highest BCUT2D eigenvalue weighted by Gasteiger charge is 2.19. The Hall–Kier alpha value is -0.930. The minimum atomic E-state index is -0.410. The van der Waals surface area contributed by atoms with Gasteiger partial charge in [-0.25, -0.2) is 5.41 Å². The molecule has 0 heterocycles. The zero-order valence-electron chi connectivity index (χ0n) is 8.46. The summed E-state index contributed by atoms with van der Waals surface area (Å²) >= 11 is 11.8. The van der Waals surface area contributed by atoms with Gasteiger partial charge in [0.2, 0.25) is 6.10 Å². The second-order valence-electron chi connectivity index (χ2n) is 2.92. The molecule has 0 aliphatic heterocycles. The van der Waals surface area contributed by atoms with E-state index in [1.54, 1.807) is 25.1 Å². The maximum atomic E-state index is 5.92. The van der Waals surface area contributed by atoms with Crippen LogP contribution in [0.4, 0.5) is 0 Å². The van der Waals surface area contributed by atoms with Crippen molar-refractivity contribution in [2.24, 2.45) is 0 Å². The predicted molar refractivity (Wildman–Crippen MR) is 60.5 cm³/mol. The van der Waals surface area contributed by atoms with Crippen LogP contribution in [0, 0.1) is 0 Å². The van der Waals surface area contributed by atoms with E-state index < -0.39 is 6.10 Å². The molecule has 0 amide bonds. The van der Waals surface area contributed by atoms with E-state index >= 15 is 0 Å². The standard InChI is InChI=1S/C10H11Cl2NO2/c1-6(10(13)14-2)15-9-7(11)4-3-5-8(9)12/h3-6,13H,1-2H3/p+1/t6-/m1/s1. The van der Waals surface area contributed by atoms with Crippen LogP contribution >= 0.6 is 23.2 Å². The Bertz CT molecular complexity index is 348. The molecule has 0 saturated heterocycles. The molecule has 0 unspecified atom stereocenters. The molecule has 0 fully saturated rings. The van der Waals surface area contributed by atoms with E-state index in [-0.39, 0.29) is 5.90 Å². The van der Waals surface area contributed by atoms with Crippen molar-refractivity contribution in [1.82, 2.24) is 0 Å². The minimum absolute atomic E-state index is 0.269. The molecule has 2 N–H and O–H groups in total. The number of nitrogens with two attached hydrogens (primary N) is 1. The highest BCUT2D eigenvalue weighted by molar-refractivity contribution is 6.37. The van der Waals surface area contributed by atoms with Crippen LogP contribution < -0.4 is 10.1 Å². The van der Waals surface area contributed by atoms with Crippen LogP contribution in [0.25, 0.3) is 0 Å². The molecule has 0 bridgehead atoms. The lowest BCUT2D eigenvalue weighted by Crippen LogP contribution is -2.49. The van der Waals surface area contributed by atoms with Gasteiger partial charge in [0.1, 0.15) is 0 Å². The molecule has 0 aliphatic carbocycles. The molecule has 3 nitrogen and oxygen atoms in total. The first kappa shape index (κ1) is 12.1. The zero-order valence-corrected chi connectivity index (χ0v) is 9.97. The van der Waals surface area contributed by atoms with Gasteiger partial charge in [-0.2, -0.15) is 0 Å². The smallest absolute Gasteiger partial charge is 0.374 e. The monoisotopic (exact) mass is 248 g/mol. The SMILES string of the molecule is COC(=[NH2+])[C@@H](C)Oc1c(Cl)cccc1Cl. The number of ether oxygens (including phenoxy) is 2. The summed E-state index contributed by atoms with van der Waals surface area (Å²) in [4.78, 5) is 0. The molecule has 5 heteroatoms. The van der Waals surface area contributed by atoms with E-state index in [2.05, 4.69) is 0 Å². The number of halogens is 2. The van der Waals surface area contributed by atoms with Crippen molar-refractivity contribution in [3.05, 3.63) is 28.2 Å². The topological polar surface area (TPSA) is 44.0 Å². The summed E-state index contributed by atoms with van der Waals surface area (Å²) in [6.07, 6.45) is -0.410. The maximum Gasteiger partial charge on any atom is 0.374 e. The second kappa shape index (κ2) is 5.24. The molecular weight excluding hydrogens is 237 g/mol. The third-order valence-corrected chi connectivity index (χ3v) is 2.45. The number of methoxy groups -OCH3 is 1. The van der Waals surface area contributed by atoms with Crippen LogP contribution in [0.3, 0.4) is 0 Å². The van der Waals surface area contributed by atoms with Crippen molar-refractivity contribution < 1.29 is 14.9 Å². The van der Waals surface area contributed by atoms with Crippen molar-refractivity contribution in [2.45, 2.75) is 13.0 Å². The molecule has 82 valence electrons. The van der Waals surface area contributed by atoms with Crippen LogP contribution in [0.2, 0.25) is 10.0 Å². The molecule has 0 saturated carbocycles. The van der Waals surface area contributed by atoms with E-state index in [9.17, 15) is 0 Å². The Balaban J connectivity index is 2.85. The third-order valence-electron chi connectivity index (χ3n) is 1.85. The second-order valence-corrected chi connectivity index (χ2v) is 3.73. The van der Waals surface area contributed by atoms with Gasteiger partial charge in [-0.15, -0.1) is 0 Å². The van der Waals surface area contributed by atoms with Crippen LogP contribution in [0.5, 0.6) is 5.75 Å².